The fourth-order valence-electron chi connectivity index (χ4n) is 1.56. The van der Waals surface area contributed by atoms with Gasteiger partial charge in [0.2, 0.25) is 0 Å². The maximum Gasteiger partial charge on any atom is 0.101 e. The van der Waals surface area contributed by atoms with Crippen LogP contribution in [0.25, 0.3) is 10.1 Å². The standard InChI is InChI=1S/C11H8BrNS/c1-2-7-3-4-9(12)11-10(7)8(5-13)6-14-11/h3-4,6H,2H2,1H3. The Bertz CT molecular complexity index is 522. The lowest BCUT2D eigenvalue weighted by Crippen LogP contribution is -1.83. The van der Waals surface area contributed by atoms with Gasteiger partial charge in [-0.3, -0.25) is 0 Å². The van der Waals surface area contributed by atoms with Gasteiger partial charge in [0, 0.05) is 15.2 Å². The Hall–Kier alpha value is -0.850. The lowest BCUT2D eigenvalue weighted by atomic mass is 10.1. The van der Waals surface area contributed by atoms with Crippen molar-refractivity contribution in [1.29, 1.82) is 5.26 Å². The van der Waals surface area contributed by atoms with E-state index in [4.69, 9.17) is 5.26 Å². The molecule has 70 valence electrons. The molecule has 1 heterocycles. The van der Waals surface area contributed by atoms with Gasteiger partial charge in [-0.15, -0.1) is 11.3 Å². The Balaban J connectivity index is 2.90. The number of nitrogens with zero attached hydrogens (tertiary/aromatic N) is 1. The zero-order valence-electron chi connectivity index (χ0n) is 7.67. The van der Waals surface area contributed by atoms with E-state index in [1.165, 1.54) is 10.3 Å². The second kappa shape index (κ2) is 3.72. The topological polar surface area (TPSA) is 23.8 Å². The number of fused-ring (bicyclic) bond motifs is 1. The van der Waals surface area contributed by atoms with Gasteiger partial charge in [-0.2, -0.15) is 5.26 Å². The Morgan fingerprint density at radius 3 is 2.93 bits per heavy atom. The van der Waals surface area contributed by atoms with Gasteiger partial charge in [0.15, 0.2) is 0 Å². The summed E-state index contributed by atoms with van der Waals surface area (Å²) in [6.07, 6.45) is 0.967. The summed E-state index contributed by atoms with van der Waals surface area (Å²) in [4.78, 5) is 0. The van der Waals surface area contributed by atoms with Crippen molar-refractivity contribution < 1.29 is 0 Å². The minimum Gasteiger partial charge on any atom is -0.192 e. The van der Waals surface area contributed by atoms with Crippen LogP contribution in [0.15, 0.2) is 22.0 Å². The van der Waals surface area contributed by atoms with Crippen LogP contribution in [0.4, 0.5) is 0 Å². The number of benzene rings is 1. The summed E-state index contributed by atoms with van der Waals surface area (Å²) in [6.45, 7) is 2.11. The van der Waals surface area contributed by atoms with Gasteiger partial charge in [0.05, 0.1) is 10.3 Å². The van der Waals surface area contributed by atoms with Crippen LogP contribution in [-0.2, 0) is 6.42 Å². The van der Waals surface area contributed by atoms with Crippen LogP contribution < -0.4 is 0 Å². The third-order valence-electron chi connectivity index (χ3n) is 2.26. The summed E-state index contributed by atoms with van der Waals surface area (Å²) in [5.41, 5.74) is 2.05. The molecule has 0 aliphatic heterocycles. The molecule has 14 heavy (non-hydrogen) atoms. The molecule has 0 bridgehead atoms. The molecule has 0 fully saturated rings. The Morgan fingerprint density at radius 2 is 2.29 bits per heavy atom. The summed E-state index contributed by atoms with van der Waals surface area (Å²) < 4.78 is 2.26. The van der Waals surface area contributed by atoms with Crippen LogP contribution in [0.5, 0.6) is 0 Å². The molecule has 2 aromatic rings. The number of hydrogen-bond donors (Lipinski definition) is 0. The number of rotatable bonds is 1. The predicted octanol–water partition coefficient (Wildman–Crippen LogP) is 4.10. The van der Waals surface area contributed by atoms with E-state index < -0.39 is 0 Å². The van der Waals surface area contributed by atoms with E-state index in [-0.39, 0.29) is 0 Å². The van der Waals surface area contributed by atoms with Crippen molar-refractivity contribution in [2.75, 3.05) is 0 Å². The van der Waals surface area contributed by atoms with Crippen LogP contribution in [0.3, 0.4) is 0 Å². The van der Waals surface area contributed by atoms with Gasteiger partial charge < -0.3 is 0 Å². The lowest BCUT2D eigenvalue weighted by molar-refractivity contribution is 1.16. The Labute approximate surface area is 95.1 Å². The zero-order valence-corrected chi connectivity index (χ0v) is 10.1. The van der Waals surface area contributed by atoms with E-state index in [1.54, 1.807) is 11.3 Å². The molecule has 0 aliphatic carbocycles. The SMILES string of the molecule is CCc1ccc(Br)c2scc(C#N)c12. The van der Waals surface area contributed by atoms with Crippen LogP contribution in [-0.4, -0.2) is 0 Å². The van der Waals surface area contributed by atoms with E-state index in [2.05, 4.69) is 41.1 Å². The van der Waals surface area contributed by atoms with Gasteiger partial charge >= 0.3 is 0 Å². The second-order valence-corrected chi connectivity index (χ2v) is 4.76. The molecule has 1 aromatic carbocycles. The van der Waals surface area contributed by atoms with E-state index in [0.717, 1.165) is 21.8 Å². The predicted molar refractivity (Wildman–Crippen MR) is 63.6 cm³/mol. The first-order chi connectivity index (χ1) is 6.77. The molecule has 0 amide bonds. The zero-order chi connectivity index (χ0) is 10.1. The summed E-state index contributed by atoms with van der Waals surface area (Å²) in [6, 6.07) is 6.38. The van der Waals surface area contributed by atoms with Gasteiger partial charge in [-0.25, -0.2) is 0 Å². The van der Waals surface area contributed by atoms with Crippen molar-refractivity contribution in [3.8, 4) is 6.07 Å². The molecule has 0 saturated heterocycles. The maximum atomic E-state index is 8.98. The van der Waals surface area contributed by atoms with Gasteiger partial charge in [0.1, 0.15) is 6.07 Å². The van der Waals surface area contributed by atoms with Gasteiger partial charge in [0.25, 0.3) is 0 Å². The molecule has 1 nitrogen and oxygen atoms in total. The largest absolute Gasteiger partial charge is 0.192 e. The van der Waals surface area contributed by atoms with Crippen molar-refractivity contribution in [2.45, 2.75) is 13.3 Å². The Morgan fingerprint density at radius 1 is 1.50 bits per heavy atom. The van der Waals surface area contributed by atoms with Crippen molar-refractivity contribution in [3.05, 3.63) is 33.1 Å². The van der Waals surface area contributed by atoms with Gasteiger partial charge in [-0.1, -0.05) is 13.0 Å². The number of thiophene rings is 1. The van der Waals surface area contributed by atoms with Crippen LogP contribution >= 0.6 is 27.3 Å². The first-order valence-electron chi connectivity index (χ1n) is 4.36. The molecule has 0 spiro atoms. The molecular weight excluding hydrogens is 258 g/mol. The van der Waals surface area contributed by atoms with Crippen LogP contribution in [0, 0.1) is 11.3 Å². The third-order valence-corrected chi connectivity index (χ3v) is 4.20. The molecule has 0 unspecified atom stereocenters. The molecule has 0 N–H and O–H groups in total. The molecule has 0 saturated carbocycles. The molecule has 1 aromatic heterocycles. The minimum atomic E-state index is 0.795. The quantitative estimate of drug-likeness (QED) is 0.762. The average molecular weight is 266 g/mol. The van der Waals surface area contributed by atoms with E-state index in [0.29, 0.717) is 0 Å². The highest BCUT2D eigenvalue weighted by atomic mass is 79.9. The second-order valence-electron chi connectivity index (χ2n) is 3.03. The fraction of sp³-hybridized carbons (Fsp3) is 0.182. The summed E-state index contributed by atoms with van der Waals surface area (Å²) in [5, 5.41) is 12.0. The first kappa shape index (κ1) is 9.70. The average Bonchev–Trinajstić information content (AvgIpc) is 2.63. The van der Waals surface area contributed by atoms with Gasteiger partial charge in [-0.05, 0) is 34.0 Å². The maximum absolute atomic E-state index is 8.98. The van der Waals surface area contributed by atoms with Crippen molar-refractivity contribution in [2.24, 2.45) is 0 Å². The number of nitriles is 1. The number of halogens is 1. The number of aryl methyl sites for hydroxylation is 1. The summed E-state index contributed by atoms with van der Waals surface area (Å²) >= 11 is 5.13. The van der Waals surface area contributed by atoms with E-state index in [1.807, 2.05) is 5.38 Å². The molecule has 2 rings (SSSR count). The molecular formula is C11H8BrNS. The van der Waals surface area contributed by atoms with Crippen LogP contribution in [0.1, 0.15) is 18.1 Å². The number of hydrogen-bond acceptors (Lipinski definition) is 2. The molecule has 0 aliphatic rings. The van der Waals surface area contributed by atoms with Crippen molar-refractivity contribution in [1.82, 2.24) is 0 Å². The van der Waals surface area contributed by atoms with E-state index >= 15 is 0 Å². The monoisotopic (exact) mass is 265 g/mol. The normalized spacial score (nSPS) is 10.4. The first-order valence-corrected chi connectivity index (χ1v) is 6.04. The lowest BCUT2D eigenvalue weighted by Gasteiger charge is -2.01. The molecule has 3 heteroatoms. The fourth-order valence-corrected chi connectivity index (χ4v) is 3.12. The summed E-state index contributed by atoms with van der Waals surface area (Å²) in [7, 11) is 0. The highest BCUT2D eigenvalue weighted by Gasteiger charge is 2.09. The van der Waals surface area contributed by atoms with Crippen LogP contribution in [0.2, 0.25) is 0 Å². The molecule has 0 atom stereocenters. The minimum absolute atomic E-state index is 0.795. The van der Waals surface area contributed by atoms with Crippen molar-refractivity contribution in [3.63, 3.8) is 0 Å². The smallest absolute Gasteiger partial charge is 0.101 e. The third kappa shape index (κ3) is 1.35. The highest BCUT2D eigenvalue weighted by molar-refractivity contribution is 9.10. The summed E-state index contributed by atoms with van der Waals surface area (Å²) in [5.74, 6) is 0. The molecule has 0 radical (unpaired) electrons. The Kier molecular flexibility index (Phi) is 2.58. The van der Waals surface area contributed by atoms with E-state index in [9.17, 15) is 0 Å². The van der Waals surface area contributed by atoms with Crippen molar-refractivity contribution >= 4 is 37.4 Å². The highest BCUT2D eigenvalue weighted by Crippen LogP contribution is 2.34.